The number of nitrogens with zero attached hydrogens (tertiary/aromatic N) is 3. The summed E-state index contributed by atoms with van der Waals surface area (Å²) < 4.78 is 28.8. The number of hydrogen-bond donors (Lipinski definition) is 1. The summed E-state index contributed by atoms with van der Waals surface area (Å²) in [6, 6.07) is 12.6. The molecule has 3 aromatic rings. The van der Waals surface area contributed by atoms with Crippen molar-refractivity contribution in [1.29, 1.82) is 5.26 Å². The topological polar surface area (TPSA) is 86.3 Å². The Morgan fingerprint density at radius 3 is 2.50 bits per heavy atom. The van der Waals surface area contributed by atoms with E-state index in [1.807, 2.05) is 0 Å². The van der Waals surface area contributed by atoms with Gasteiger partial charge in [-0.2, -0.15) is 5.26 Å². The minimum atomic E-state index is -1.22. The second-order valence-electron chi connectivity index (χ2n) is 5.86. The van der Waals surface area contributed by atoms with E-state index in [1.165, 1.54) is 16.8 Å². The van der Waals surface area contributed by atoms with Crippen LogP contribution in [0.5, 0.6) is 0 Å². The van der Waals surface area contributed by atoms with Crippen molar-refractivity contribution in [3.8, 4) is 6.07 Å². The lowest BCUT2D eigenvalue weighted by molar-refractivity contribution is -0.137. The summed E-state index contributed by atoms with van der Waals surface area (Å²) in [6.45, 7) is -0.311. The Morgan fingerprint density at radius 1 is 1.18 bits per heavy atom. The van der Waals surface area contributed by atoms with Crippen molar-refractivity contribution in [2.45, 2.75) is 6.54 Å². The maximum atomic E-state index is 14.4. The number of nitriles is 1. The van der Waals surface area contributed by atoms with Crippen LogP contribution < -0.4 is 5.12 Å². The summed E-state index contributed by atoms with van der Waals surface area (Å²) in [4.78, 5) is 23.4. The number of amides is 1. The van der Waals surface area contributed by atoms with Crippen molar-refractivity contribution in [2.75, 3.05) is 5.12 Å². The molecule has 0 unspecified atom stereocenters. The fourth-order valence-electron chi connectivity index (χ4n) is 2.76. The number of para-hydroxylation sites is 1. The first-order chi connectivity index (χ1) is 13.4. The van der Waals surface area contributed by atoms with Crippen LogP contribution in [0, 0.1) is 17.1 Å². The molecule has 0 fully saturated rings. The fourth-order valence-corrected chi connectivity index (χ4v) is 2.76. The molecule has 0 saturated carbocycles. The Kier molecular flexibility index (Phi) is 5.18. The summed E-state index contributed by atoms with van der Waals surface area (Å²) in [5.41, 5.74) is 0.275. The summed E-state index contributed by atoms with van der Waals surface area (Å²) in [5.74, 6) is -2.87. The molecule has 0 atom stereocenters. The van der Waals surface area contributed by atoms with Crippen LogP contribution in [0.4, 0.5) is 14.6 Å². The average Bonchev–Trinajstić information content (AvgIpc) is 3.02. The number of benzene rings is 2. The van der Waals surface area contributed by atoms with Gasteiger partial charge in [-0.1, -0.05) is 22.7 Å². The summed E-state index contributed by atoms with van der Waals surface area (Å²) >= 11 is 0. The van der Waals surface area contributed by atoms with Gasteiger partial charge < -0.3 is 9.67 Å². The SMILES string of the molecule is N#CC(=Cc1cn(CC(=O)O)c2ccccc12)C(=O)N(F)c1ccc(F)cc1. The Balaban J connectivity index is 2.01. The van der Waals surface area contributed by atoms with E-state index in [9.17, 15) is 23.7 Å². The highest BCUT2D eigenvalue weighted by atomic mass is 19.2. The average molecular weight is 381 g/mol. The van der Waals surface area contributed by atoms with Gasteiger partial charge in [-0.15, -0.1) is 5.12 Å². The Hall–Kier alpha value is -3.99. The van der Waals surface area contributed by atoms with Gasteiger partial charge in [-0.3, -0.25) is 9.59 Å². The van der Waals surface area contributed by atoms with Crippen molar-refractivity contribution >= 4 is 34.5 Å². The molecule has 1 amide bonds. The zero-order valence-corrected chi connectivity index (χ0v) is 14.3. The van der Waals surface area contributed by atoms with E-state index in [1.54, 1.807) is 30.3 Å². The zero-order valence-electron chi connectivity index (χ0n) is 14.3. The molecule has 2 aromatic carbocycles. The maximum absolute atomic E-state index is 14.4. The van der Waals surface area contributed by atoms with Crippen LogP contribution in [-0.2, 0) is 16.1 Å². The Morgan fingerprint density at radius 2 is 1.86 bits per heavy atom. The molecule has 1 N–H and O–H groups in total. The molecule has 1 heterocycles. The standard InChI is InChI=1S/C20H13F2N3O3/c21-15-5-7-16(8-6-15)25(22)20(28)13(10-23)9-14-11-24(12-19(26)27)18-4-2-1-3-17(14)18/h1-9,11H,12H2,(H,26,27). The maximum Gasteiger partial charge on any atom is 0.323 e. The van der Waals surface area contributed by atoms with Gasteiger partial charge in [0, 0.05) is 22.7 Å². The van der Waals surface area contributed by atoms with Gasteiger partial charge >= 0.3 is 5.97 Å². The first-order valence-electron chi connectivity index (χ1n) is 8.08. The number of carbonyl (C=O) groups is 2. The number of carboxylic acid groups (broad SMARTS) is 1. The quantitative estimate of drug-likeness (QED) is 0.415. The normalized spacial score (nSPS) is 11.2. The van der Waals surface area contributed by atoms with Crippen molar-refractivity contribution in [3.05, 3.63) is 71.7 Å². The number of fused-ring (bicyclic) bond motifs is 1. The summed E-state index contributed by atoms with van der Waals surface area (Å²) in [5, 5.41) is 18.7. The van der Waals surface area contributed by atoms with Crippen LogP contribution >= 0.6 is 0 Å². The number of rotatable bonds is 5. The highest BCUT2D eigenvalue weighted by molar-refractivity contribution is 6.11. The third-order valence-corrected chi connectivity index (χ3v) is 4.01. The van der Waals surface area contributed by atoms with Crippen LogP contribution in [-0.4, -0.2) is 21.6 Å². The highest BCUT2D eigenvalue weighted by Gasteiger charge is 2.21. The molecule has 0 spiro atoms. The van der Waals surface area contributed by atoms with Gasteiger partial charge in [0.15, 0.2) is 0 Å². The Bertz CT molecular complexity index is 1130. The fraction of sp³-hybridized carbons (Fsp3) is 0.0500. The van der Waals surface area contributed by atoms with Crippen LogP contribution in [0.15, 0.2) is 60.3 Å². The lowest BCUT2D eigenvalue weighted by atomic mass is 10.1. The molecule has 0 aliphatic rings. The second-order valence-corrected chi connectivity index (χ2v) is 5.86. The van der Waals surface area contributed by atoms with Gasteiger partial charge in [0.05, 0.1) is 5.69 Å². The molecule has 0 saturated heterocycles. The van der Waals surface area contributed by atoms with Crippen molar-refractivity contribution in [3.63, 3.8) is 0 Å². The van der Waals surface area contributed by atoms with Crippen LogP contribution in [0.3, 0.4) is 0 Å². The van der Waals surface area contributed by atoms with Crippen LogP contribution in [0.1, 0.15) is 5.56 Å². The van der Waals surface area contributed by atoms with E-state index in [0.717, 1.165) is 24.3 Å². The smallest absolute Gasteiger partial charge is 0.323 e. The van der Waals surface area contributed by atoms with Gasteiger partial charge in [0.2, 0.25) is 0 Å². The minimum Gasteiger partial charge on any atom is -0.480 e. The molecule has 8 heteroatoms. The summed E-state index contributed by atoms with van der Waals surface area (Å²) in [7, 11) is 0. The van der Waals surface area contributed by atoms with E-state index in [0.29, 0.717) is 16.5 Å². The first kappa shape index (κ1) is 18.8. The van der Waals surface area contributed by atoms with Gasteiger partial charge in [0.1, 0.15) is 24.0 Å². The van der Waals surface area contributed by atoms with Crippen molar-refractivity contribution in [2.24, 2.45) is 0 Å². The molecule has 6 nitrogen and oxygen atoms in total. The molecule has 1 aromatic heterocycles. The van der Waals surface area contributed by atoms with E-state index in [-0.39, 0.29) is 17.4 Å². The zero-order chi connectivity index (χ0) is 20.3. The largest absolute Gasteiger partial charge is 0.480 e. The van der Waals surface area contributed by atoms with E-state index >= 15 is 0 Å². The number of carbonyl (C=O) groups excluding carboxylic acids is 1. The first-order valence-corrected chi connectivity index (χ1v) is 8.08. The molecular formula is C20H13F2N3O3. The molecule has 0 bridgehead atoms. The molecule has 140 valence electrons. The van der Waals surface area contributed by atoms with Gasteiger partial charge in [-0.25, -0.2) is 4.39 Å². The number of aliphatic carboxylic acids is 1. The molecule has 0 radical (unpaired) electrons. The predicted octanol–water partition coefficient (Wildman–Crippen LogP) is 3.69. The molecular weight excluding hydrogens is 368 g/mol. The number of aromatic nitrogens is 1. The predicted molar refractivity (Wildman–Crippen MR) is 98.2 cm³/mol. The number of carboxylic acids is 1. The third kappa shape index (κ3) is 3.73. The van der Waals surface area contributed by atoms with E-state index < -0.39 is 23.3 Å². The molecule has 0 aliphatic heterocycles. The molecule has 0 aliphatic carbocycles. The van der Waals surface area contributed by atoms with E-state index in [2.05, 4.69) is 0 Å². The number of anilines is 1. The monoisotopic (exact) mass is 381 g/mol. The third-order valence-electron chi connectivity index (χ3n) is 4.01. The van der Waals surface area contributed by atoms with Crippen molar-refractivity contribution < 1.29 is 23.6 Å². The number of hydrogen-bond acceptors (Lipinski definition) is 3. The minimum absolute atomic E-state index is 0.221. The number of halogens is 2. The highest BCUT2D eigenvalue weighted by Crippen LogP contribution is 2.25. The molecule has 28 heavy (non-hydrogen) atoms. The lowest BCUT2D eigenvalue weighted by Gasteiger charge is -2.11. The second kappa shape index (κ2) is 7.72. The molecule has 3 rings (SSSR count). The van der Waals surface area contributed by atoms with E-state index in [4.69, 9.17) is 5.11 Å². The Labute approximate surface area is 158 Å². The van der Waals surface area contributed by atoms with Crippen molar-refractivity contribution in [1.82, 2.24) is 4.57 Å². The van der Waals surface area contributed by atoms with Gasteiger partial charge in [-0.05, 0) is 36.4 Å². The summed E-state index contributed by atoms with van der Waals surface area (Å²) in [6.07, 6.45) is 2.67. The van der Waals surface area contributed by atoms with Crippen LogP contribution in [0.2, 0.25) is 0 Å². The van der Waals surface area contributed by atoms with Gasteiger partial charge in [0.25, 0.3) is 5.91 Å². The van der Waals surface area contributed by atoms with Crippen LogP contribution in [0.25, 0.3) is 17.0 Å². The lowest BCUT2D eigenvalue weighted by Crippen LogP contribution is -2.23.